The van der Waals surface area contributed by atoms with Gasteiger partial charge in [-0.05, 0) is 24.3 Å². The number of terminal acetylenes is 6. The van der Waals surface area contributed by atoms with Crippen molar-refractivity contribution in [3.05, 3.63) is 173 Å². The average molecular weight is 1180 g/mol. The maximum atomic E-state index is 4.94. The normalized spacial score (nSPS) is 9.32. The zero-order valence-corrected chi connectivity index (χ0v) is 44.2. The fourth-order valence-electron chi connectivity index (χ4n) is 1.68. The summed E-state index contributed by atoms with van der Waals surface area (Å²) in [5, 5.41) is 0. The molecule has 4 rings (SSSR count). The van der Waals surface area contributed by atoms with Crippen LogP contribution in [0.5, 0.6) is 0 Å². The molecular formula is C44H38I2Y4-10. The van der Waals surface area contributed by atoms with Gasteiger partial charge in [-0.3, -0.25) is 22.3 Å². The van der Waals surface area contributed by atoms with E-state index < -0.39 is 0 Å². The predicted octanol–water partition coefficient (Wildman–Crippen LogP) is 2.73. The first-order valence-electron chi connectivity index (χ1n) is 12.7. The van der Waals surface area contributed by atoms with E-state index in [2.05, 4.69) is 116 Å². The monoisotopic (exact) mass is 1180 g/mol. The van der Waals surface area contributed by atoms with Crippen LogP contribution in [0.15, 0.2) is 106 Å². The van der Waals surface area contributed by atoms with Crippen molar-refractivity contribution in [1.82, 2.24) is 0 Å². The Hall–Kier alpha value is -0.844. The van der Waals surface area contributed by atoms with Gasteiger partial charge in [-0.25, -0.2) is 90.5 Å². The average Bonchev–Trinajstić information content (AvgIpc) is 4.01. The molecule has 4 radical (unpaired) electrons. The molecule has 0 aromatic heterocycles. The van der Waals surface area contributed by atoms with E-state index in [0.29, 0.717) is 22.3 Å². The first-order chi connectivity index (χ1) is 21.0. The minimum atomic E-state index is 0. The molecule has 0 bridgehead atoms. The minimum Gasteiger partial charge on any atom is -1.00 e. The summed E-state index contributed by atoms with van der Waals surface area (Å²) < 4.78 is 0. The minimum absolute atomic E-state index is 0. The fourth-order valence-corrected chi connectivity index (χ4v) is 1.68. The van der Waals surface area contributed by atoms with Crippen LogP contribution in [0.4, 0.5) is 0 Å². The second-order valence-electron chi connectivity index (χ2n) is 8.01. The van der Waals surface area contributed by atoms with Crippen molar-refractivity contribution in [3.63, 3.8) is 0 Å². The quantitative estimate of drug-likeness (QED) is 0.217. The second kappa shape index (κ2) is 52.5. The van der Waals surface area contributed by atoms with Crippen LogP contribution < -0.4 is 48.0 Å². The number of halogens is 2. The Bertz CT molecular complexity index is 1410. The third-order valence-corrected chi connectivity index (χ3v) is 4.31. The van der Waals surface area contributed by atoms with Crippen LogP contribution in [-0.2, 0) is 131 Å². The molecule has 2 aromatic rings. The summed E-state index contributed by atoms with van der Waals surface area (Å²) >= 11 is 0. The van der Waals surface area contributed by atoms with Crippen molar-refractivity contribution in [2.24, 2.45) is 0 Å². The molecule has 0 aliphatic heterocycles. The van der Waals surface area contributed by atoms with Gasteiger partial charge in [0.25, 0.3) is 0 Å². The van der Waals surface area contributed by atoms with Gasteiger partial charge in [-0.1, -0.05) is 48.2 Å². The van der Waals surface area contributed by atoms with Gasteiger partial charge in [0.1, 0.15) is 0 Å². The molecule has 0 unspecified atom stereocenters. The number of hydrogen-bond donors (Lipinski definition) is 0. The summed E-state index contributed by atoms with van der Waals surface area (Å²) in [6.45, 7) is 27.1. The maximum absolute atomic E-state index is 4.94. The van der Waals surface area contributed by atoms with E-state index in [9.17, 15) is 0 Å². The van der Waals surface area contributed by atoms with Gasteiger partial charge in [0.05, 0.1) is 0 Å². The molecule has 0 heterocycles. The molecule has 0 spiro atoms. The van der Waals surface area contributed by atoms with Crippen molar-refractivity contribution in [1.29, 1.82) is 0 Å². The Kier molecular flexibility index (Phi) is 74.2. The molecule has 250 valence electrons. The zero-order valence-electron chi connectivity index (χ0n) is 28.5. The first-order valence-corrected chi connectivity index (χ1v) is 12.7. The van der Waals surface area contributed by atoms with E-state index in [1.165, 1.54) is 24.0 Å². The van der Waals surface area contributed by atoms with E-state index in [4.69, 9.17) is 25.7 Å². The van der Waals surface area contributed by atoms with Gasteiger partial charge in [-0.2, -0.15) is 13.8 Å². The number of hydrogen-bond acceptors (Lipinski definition) is 0. The largest absolute Gasteiger partial charge is 1.00 e. The van der Waals surface area contributed by atoms with Crippen LogP contribution in [0, 0.1) is 141 Å². The summed E-state index contributed by atoms with van der Waals surface area (Å²) in [6.07, 6.45) is 35.3. The van der Waals surface area contributed by atoms with E-state index in [1.807, 2.05) is 72.5 Å². The summed E-state index contributed by atoms with van der Waals surface area (Å²) in [5.74, 6) is 19.3. The van der Waals surface area contributed by atoms with Gasteiger partial charge >= 0.3 is 0 Å². The van der Waals surface area contributed by atoms with E-state index in [-0.39, 0.29) is 179 Å². The van der Waals surface area contributed by atoms with Gasteiger partial charge in [0.2, 0.25) is 0 Å². The van der Waals surface area contributed by atoms with Gasteiger partial charge in [-0.15, -0.1) is 12.8 Å². The van der Waals surface area contributed by atoms with Crippen LogP contribution in [0.25, 0.3) is 0 Å². The summed E-state index contributed by atoms with van der Waals surface area (Å²) in [7, 11) is 0. The Labute approximate surface area is 442 Å². The molecule has 0 saturated carbocycles. The number of allylic oxidation sites excluding steroid dienone is 8. The Morgan fingerprint density at radius 2 is 0.620 bits per heavy atom. The van der Waals surface area contributed by atoms with Gasteiger partial charge < -0.3 is 96.3 Å². The molecule has 2 aliphatic rings. The Morgan fingerprint density at radius 1 is 0.460 bits per heavy atom. The van der Waals surface area contributed by atoms with Gasteiger partial charge in [0, 0.05) is 142 Å². The number of rotatable bonds is 0. The third-order valence-electron chi connectivity index (χ3n) is 4.31. The van der Waals surface area contributed by atoms with Crippen molar-refractivity contribution >= 4 is 0 Å². The summed E-state index contributed by atoms with van der Waals surface area (Å²) in [4.78, 5) is 0. The van der Waals surface area contributed by atoms with Crippen molar-refractivity contribution in [2.45, 2.75) is 12.8 Å². The zero-order chi connectivity index (χ0) is 34.2. The van der Waals surface area contributed by atoms with E-state index in [1.54, 1.807) is 0 Å². The van der Waals surface area contributed by atoms with E-state index >= 15 is 0 Å². The third kappa shape index (κ3) is 56.5. The fraction of sp³-hybridized carbons (Fsp3) is 0.0455. The SMILES string of the molecule is C#CC([CH2-])=C([CH2-])C#C.C#CC([CH2-])=C([CH2-])C#C.C#C[CH2-].C#C[CH2-].C(#Cc1ccccc1)c1ccccc1.[CH2-]C1=CC1.[CH2-]C1=CC1.[I-].[I-].[Y].[Y].[Y].[Y]. The smallest absolute Gasteiger partial charge is 0.0249 e. The standard InChI is InChI=1S/C14H10.2C8H6.2C4H5.2C3H3.2HI.4Y/c1-3-7-13(8-4-1)11-12-14-9-5-2-6-10-14;2*1-5-7(3)8(4)6-2;2*1-4-2-3-4;2*1-3-2;;;;;;/h1-10H;2*1-2H,3-4H2;2*2H,1,3H2;2*1H,2H2;2*1H;;;;/q;2*-2;4*-1;;;;;;/p-2. The maximum Gasteiger partial charge on any atom is 0.0249 e. The van der Waals surface area contributed by atoms with Crippen molar-refractivity contribution in [3.8, 4) is 85.9 Å². The number of benzene rings is 2. The summed E-state index contributed by atoms with van der Waals surface area (Å²) in [5.41, 5.74) is 6.60. The Balaban J connectivity index is -0.0000000591. The molecule has 50 heavy (non-hydrogen) atoms. The van der Waals surface area contributed by atoms with Gasteiger partial charge in [0.15, 0.2) is 0 Å². The second-order valence-corrected chi connectivity index (χ2v) is 8.01. The topological polar surface area (TPSA) is 0 Å². The first kappa shape index (κ1) is 70.7. The molecule has 2 aromatic carbocycles. The molecule has 0 saturated heterocycles. The van der Waals surface area contributed by atoms with Crippen molar-refractivity contribution < 1.29 is 179 Å². The molecule has 0 N–H and O–H groups in total. The van der Waals surface area contributed by atoms with Crippen LogP contribution in [0.3, 0.4) is 0 Å². The van der Waals surface area contributed by atoms with Crippen LogP contribution in [-0.4, -0.2) is 0 Å². The van der Waals surface area contributed by atoms with Crippen molar-refractivity contribution in [2.75, 3.05) is 0 Å². The molecule has 0 nitrogen and oxygen atoms in total. The predicted molar refractivity (Wildman–Crippen MR) is 194 cm³/mol. The van der Waals surface area contributed by atoms with E-state index in [0.717, 1.165) is 11.1 Å². The molecule has 2 aliphatic carbocycles. The van der Waals surface area contributed by atoms with Crippen LogP contribution in [0.1, 0.15) is 24.0 Å². The van der Waals surface area contributed by atoms with Crippen LogP contribution in [0.2, 0.25) is 0 Å². The van der Waals surface area contributed by atoms with Crippen LogP contribution >= 0.6 is 0 Å². The molecule has 0 fully saturated rings. The molecular weight excluding hydrogens is 1140 g/mol. The molecule has 0 atom stereocenters. The summed E-state index contributed by atoms with van der Waals surface area (Å²) in [6, 6.07) is 20.0. The molecule has 0 amide bonds. The Morgan fingerprint density at radius 3 is 0.740 bits per heavy atom. The molecule has 6 heteroatoms.